The summed E-state index contributed by atoms with van der Waals surface area (Å²) in [4.78, 5) is 1.02. The first-order valence-electron chi connectivity index (χ1n) is 5.71. The number of hydrogen-bond donors (Lipinski definition) is 1. The molecule has 1 aromatic heterocycles. The largest absolute Gasteiger partial charge is 0.497 e. The Hall–Kier alpha value is -1.37. The fraction of sp³-hybridized carbons (Fsp3) is 0.231. The van der Waals surface area contributed by atoms with Crippen LogP contribution < -0.4 is 10.5 Å². The van der Waals surface area contributed by atoms with Crippen LogP contribution in [-0.2, 0) is 9.84 Å². The summed E-state index contributed by atoms with van der Waals surface area (Å²) in [5.41, 5.74) is 5.65. The van der Waals surface area contributed by atoms with Crippen molar-refractivity contribution in [3.8, 4) is 5.75 Å². The van der Waals surface area contributed by atoms with Gasteiger partial charge in [0.1, 0.15) is 11.0 Å². The average Bonchev–Trinajstić information content (AvgIpc) is 2.93. The highest BCUT2D eigenvalue weighted by Crippen LogP contribution is 2.31. The number of thiophene rings is 1. The molecular weight excluding hydrogens is 282 g/mol. The standard InChI is InChI=1S/C13H15NO3S2/c1-17-10-4-6-11(7-5-10)19(15,16)13(9-14)12-3-2-8-18-12/h2-8,13H,9,14H2,1H3. The smallest absolute Gasteiger partial charge is 0.187 e. The first-order chi connectivity index (χ1) is 9.09. The Labute approximate surface area is 116 Å². The topological polar surface area (TPSA) is 69.4 Å². The van der Waals surface area contributed by atoms with Crippen molar-refractivity contribution in [3.05, 3.63) is 46.7 Å². The Morgan fingerprint density at radius 1 is 1.26 bits per heavy atom. The zero-order valence-electron chi connectivity index (χ0n) is 10.4. The van der Waals surface area contributed by atoms with Crippen molar-refractivity contribution in [2.24, 2.45) is 5.73 Å². The molecule has 1 atom stereocenters. The van der Waals surface area contributed by atoms with Crippen molar-refractivity contribution < 1.29 is 13.2 Å². The van der Waals surface area contributed by atoms with E-state index in [0.29, 0.717) is 5.75 Å². The van der Waals surface area contributed by atoms with Gasteiger partial charge in [0.15, 0.2) is 9.84 Å². The third-order valence-electron chi connectivity index (χ3n) is 2.84. The van der Waals surface area contributed by atoms with Crippen LogP contribution in [0, 0.1) is 0 Å². The lowest BCUT2D eigenvalue weighted by Crippen LogP contribution is -2.21. The Morgan fingerprint density at radius 3 is 2.42 bits per heavy atom. The normalized spacial score (nSPS) is 13.2. The maximum absolute atomic E-state index is 12.5. The number of methoxy groups -OCH3 is 1. The van der Waals surface area contributed by atoms with E-state index in [1.165, 1.54) is 18.4 Å². The van der Waals surface area contributed by atoms with Gasteiger partial charge in [0.25, 0.3) is 0 Å². The highest BCUT2D eigenvalue weighted by atomic mass is 32.2. The first kappa shape index (κ1) is 14.0. The SMILES string of the molecule is COc1ccc(S(=O)(=O)C(CN)c2cccs2)cc1. The summed E-state index contributed by atoms with van der Waals surface area (Å²) in [6, 6.07) is 9.98. The molecule has 0 aliphatic rings. The molecule has 0 aliphatic heterocycles. The molecular formula is C13H15NO3S2. The van der Waals surface area contributed by atoms with Gasteiger partial charge in [-0.25, -0.2) is 8.42 Å². The second-order valence-corrected chi connectivity index (χ2v) is 7.07. The first-order valence-corrected chi connectivity index (χ1v) is 8.13. The molecule has 1 heterocycles. The molecule has 1 unspecified atom stereocenters. The van der Waals surface area contributed by atoms with Crippen LogP contribution in [-0.4, -0.2) is 22.1 Å². The van der Waals surface area contributed by atoms with Gasteiger partial charge in [-0.05, 0) is 35.7 Å². The lowest BCUT2D eigenvalue weighted by molar-refractivity contribution is 0.414. The fourth-order valence-electron chi connectivity index (χ4n) is 1.80. The molecule has 0 amide bonds. The quantitative estimate of drug-likeness (QED) is 0.919. The molecule has 0 aliphatic carbocycles. The lowest BCUT2D eigenvalue weighted by Gasteiger charge is -2.14. The molecule has 6 heteroatoms. The second kappa shape index (κ2) is 5.73. The van der Waals surface area contributed by atoms with Gasteiger partial charge in [0.2, 0.25) is 0 Å². The number of benzene rings is 1. The van der Waals surface area contributed by atoms with Crippen molar-refractivity contribution in [1.29, 1.82) is 0 Å². The molecule has 0 radical (unpaired) electrons. The van der Waals surface area contributed by atoms with Crippen molar-refractivity contribution in [2.75, 3.05) is 13.7 Å². The minimum atomic E-state index is -3.47. The van der Waals surface area contributed by atoms with Gasteiger partial charge in [-0.1, -0.05) is 6.07 Å². The summed E-state index contributed by atoms with van der Waals surface area (Å²) >= 11 is 1.40. The minimum absolute atomic E-state index is 0.0644. The van der Waals surface area contributed by atoms with E-state index in [1.54, 1.807) is 30.3 Å². The summed E-state index contributed by atoms with van der Waals surface area (Å²) in [5.74, 6) is 0.624. The van der Waals surface area contributed by atoms with Gasteiger partial charge < -0.3 is 10.5 Å². The van der Waals surface area contributed by atoms with Crippen molar-refractivity contribution in [1.82, 2.24) is 0 Å². The molecule has 0 fully saturated rings. The van der Waals surface area contributed by atoms with Gasteiger partial charge >= 0.3 is 0 Å². The molecule has 102 valence electrons. The number of rotatable bonds is 5. The van der Waals surface area contributed by atoms with Crippen LogP contribution in [0.4, 0.5) is 0 Å². The molecule has 0 bridgehead atoms. The van der Waals surface area contributed by atoms with E-state index in [9.17, 15) is 8.42 Å². The van der Waals surface area contributed by atoms with Crippen LogP contribution in [0.1, 0.15) is 10.1 Å². The van der Waals surface area contributed by atoms with Crippen molar-refractivity contribution >= 4 is 21.2 Å². The predicted molar refractivity (Wildman–Crippen MR) is 76.3 cm³/mol. The second-order valence-electron chi connectivity index (χ2n) is 3.96. The van der Waals surface area contributed by atoms with E-state index in [4.69, 9.17) is 10.5 Å². The number of sulfone groups is 1. The summed E-state index contributed by atoms with van der Waals surface area (Å²) in [7, 11) is -1.93. The molecule has 2 N–H and O–H groups in total. The predicted octanol–water partition coefficient (Wildman–Crippen LogP) is 2.23. The average molecular weight is 297 g/mol. The monoisotopic (exact) mass is 297 g/mol. The van der Waals surface area contributed by atoms with Crippen LogP contribution in [0.2, 0.25) is 0 Å². The third-order valence-corrected chi connectivity index (χ3v) is 6.10. The molecule has 19 heavy (non-hydrogen) atoms. The van der Waals surface area contributed by atoms with Crippen molar-refractivity contribution in [2.45, 2.75) is 10.1 Å². The Balaban J connectivity index is 2.39. The number of nitrogens with two attached hydrogens (primary N) is 1. The summed E-state index contributed by atoms with van der Waals surface area (Å²) in [6.45, 7) is 0.0644. The van der Waals surface area contributed by atoms with E-state index in [-0.39, 0.29) is 11.4 Å². The number of hydrogen-bond acceptors (Lipinski definition) is 5. The van der Waals surface area contributed by atoms with Crippen LogP contribution in [0.5, 0.6) is 5.75 Å². The highest BCUT2D eigenvalue weighted by molar-refractivity contribution is 7.91. The number of ether oxygens (including phenoxy) is 1. The Bertz CT molecular complexity index is 618. The zero-order valence-corrected chi connectivity index (χ0v) is 12.1. The van der Waals surface area contributed by atoms with Crippen LogP contribution in [0.15, 0.2) is 46.7 Å². The van der Waals surface area contributed by atoms with Gasteiger partial charge in [0.05, 0.1) is 12.0 Å². The minimum Gasteiger partial charge on any atom is -0.497 e. The van der Waals surface area contributed by atoms with Gasteiger partial charge in [-0.3, -0.25) is 0 Å². The molecule has 0 saturated heterocycles. The van der Waals surface area contributed by atoms with Gasteiger partial charge in [-0.15, -0.1) is 11.3 Å². The molecule has 1 aromatic carbocycles. The van der Waals surface area contributed by atoms with Gasteiger partial charge in [0, 0.05) is 11.4 Å². The molecule has 0 saturated carbocycles. The maximum Gasteiger partial charge on any atom is 0.187 e. The van der Waals surface area contributed by atoms with E-state index >= 15 is 0 Å². The molecule has 2 rings (SSSR count). The highest BCUT2D eigenvalue weighted by Gasteiger charge is 2.28. The van der Waals surface area contributed by atoms with Crippen LogP contribution in [0.25, 0.3) is 0 Å². The van der Waals surface area contributed by atoms with E-state index in [0.717, 1.165) is 4.88 Å². The van der Waals surface area contributed by atoms with E-state index in [1.807, 2.05) is 11.4 Å². The fourth-order valence-corrected chi connectivity index (χ4v) is 4.55. The lowest BCUT2D eigenvalue weighted by atomic mass is 10.3. The summed E-state index contributed by atoms with van der Waals surface area (Å²) in [6.07, 6.45) is 0. The summed E-state index contributed by atoms with van der Waals surface area (Å²) in [5, 5.41) is 1.16. The molecule has 0 spiro atoms. The van der Waals surface area contributed by atoms with Crippen molar-refractivity contribution in [3.63, 3.8) is 0 Å². The molecule has 4 nitrogen and oxygen atoms in total. The van der Waals surface area contributed by atoms with E-state index < -0.39 is 15.1 Å². The zero-order chi connectivity index (χ0) is 13.9. The molecule has 2 aromatic rings. The Kier molecular flexibility index (Phi) is 4.24. The Morgan fingerprint density at radius 2 is 1.95 bits per heavy atom. The van der Waals surface area contributed by atoms with Crippen LogP contribution >= 0.6 is 11.3 Å². The maximum atomic E-state index is 12.5. The van der Waals surface area contributed by atoms with Crippen LogP contribution in [0.3, 0.4) is 0 Å². The van der Waals surface area contributed by atoms with E-state index in [2.05, 4.69) is 0 Å². The third kappa shape index (κ3) is 2.80. The summed E-state index contributed by atoms with van der Waals surface area (Å²) < 4.78 is 30.1. The van der Waals surface area contributed by atoms with Gasteiger partial charge in [-0.2, -0.15) is 0 Å².